The summed E-state index contributed by atoms with van der Waals surface area (Å²) in [6.45, 7) is 11.9. The predicted molar refractivity (Wildman–Crippen MR) is 84.3 cm³/mol. The van der Waals surface area contributed by atoms with Crippen molar-refractivity contribution in [1.82, 2.24) is 9.80 Å². The first-order chi connectivity index (χ1) is 10.1. The Bertz CT molecular complexity index is 480. The summed E-state index contributed by atoms with van der Waals surface area (Å²) in [7, 11) is 0. The Morgan fingerprint density at radius 3 is 2.38 bits per heavy atom. The van der Waals surface area contributed by atoms with Crippen molar-refractivity contribution in [1.29, 1.82) is 0 Å². The average molecular weight is 290 g/mol. The number of esters is 1. The zero-order valence-corrected chi connectivity index (χ0v) is 13.4. The van der Waals surface area contributed by atoms with E-state index >= 15 is 0 Å². The molecule has 0 amide bonds. The van der Waals surface area contributed by atoms with Gasteiger partial charge in [0.05, 0.1) is 13.2 Å². The number of ether oxygens (including phenoxy) is 1. The number of hydrogen-bond donors (Lipinski definition) is 0. The lowest BCUT2D eigenvalue weighted by atomic mass is 10.1. The van der Waals surface area contributed by atoms with Crippen LogP contribution in [0.3, 0.4) is 0 Å². The van der Waals surface area contributed by atoms with Crippen LogP contribution in [0.2, 0.25) is 0 Å². The number of nitrogens with zero attached hydrogens (tertiary/aromatic N) is 2. The number of hydrogen-bond acceptors (Lipinski definition) is 4. The minimum absolute atomic E-state index is 0.111. The summed E-state index contributed by atoms with van der Waals surface area (Å²) in [5.41, 5.74) is 4.07. The summed E-state index contributed by atoms with van der Waals surface area (Å²) in [5, 5.41) is 0. The van der Waals surface area contributed by atoms with E-state index < -0.39 is 0 Å². The second kappa shape index (κ2) is 7.57. The molecule has 1 aromatic rings. The van der Waals surface area contributed by atoms with E-state index in [1.807, 2.05) is 6.92 Å². The molecule has 0 aliphatic carbocycles. The van der Waals surface area contributed by atoms with Crippen molar-refractivity contribution in [3.05, 3.63) is 34.9 Å². The molecule has 1 fully saturated rings. The number of carbonyl (C=O) groups is 1. The maximum atomic E-state index is 11.5. The van der Waals surface area contributed by atoms with Gasteiger partial charge in [-0.2, -0.15) is 0 Å². The molecule has 0 spiro atoms. The molecule has 0 aromatic heterocycles. The van der Waals surface area contributed by atoms with E-state index in [4.69, 9.17) is 4.74 Å². The van der Waals surface area contributed by atoms with E-state index in [1.165, 1.54) is 16.7 Å². The van der Waals surface area contributed by atoms with Gasteiger partial charge in [0.25, 0.3) is 0 Å². The lowest BCUT2D eigenvalue weighted by Crippen LogP contribution is -2.47. The van der Waals surface area contributed by atoms with Gasteiger partial charge in [0.2, 0.25) is 0 Å². The SMILES string of the molecule is CCOC(=O)CN1CCN(Cc2ccc(C)c(C)c2)CC1. The maximum Gasteiger partial charge on any atom is 0.320 e. The Morgan fingerprint density at radius 1 is 1.10 bits per heavy atom. The van der Waals surface area contributed by atoms with E-state index in [9.17, 15) is 4.79 Å². The average Bonchev–Trinajstić information content (AvgIpc) is 2.45. The fraction of sp³-hybridized carbons (Fsp3) is 0.588. The molecule has 0 unspecified atom stereocenters. The second-order valence-electron chi connectivity index (χ2n) is 5.78. The third-order valence-electron chi connectivity index (χ3n) is 4.10. The van der Waals surface area contributed by atoms with Gasteiger partial charge in [-0.3, -0.25) is 14.6 Å². The summed E-state index contributed by atoms with van der Waals surface area (Å²) in [6, 6.07) is 6.69. The predicted octanol–water partition coefficient (Wildman–Crippen LogP) is 1.98. The van der Waals surface area contributed by atoms with E-state index in [1.54, 1.807) is 0 Å². The minimum atomic E-state index is -0.111. The van der Waals surface area contributed by atoms with Crippen molar-refractivity contribution in [2.45, 2.75) is 27.3 Å². The number of aryl methyl sites for hydroxylation is 2. The lowest BCUT2D eigenvalue weighted by molar-refractivity contribution is -0.144. The summed E-state index contributed by atoms with van der Waals surface area (Å²) in [4.78, 5) is 16.1. The van der Waals surface area contributed by atoms with Crippen molar-refractivity contribution < 1.29 is 9.53 Å². The molecular formula is C17H26N2O2. The van der Waals surface area contributed by atoms with Crippen LogP contribution >= 0.6 is 0 Å². The van der Waals surface area contributed by atoms with Gasteiger partial charge in [-0.05, 0) is 37.5 Å². The van der Waals surface area contributed by atoms with Crippen molar-refractivity contribution in [3.63, 3.8) is 0 Å². The van der Waals surface area contributed by atoms with E-state index in [0.29, 0.717) is 13.2 Å². The third-order valence-corrected chi connectivity index (χ3v) is 4.10. The quantitative estimate of drug-likeness (QED) is 0.776. The molecular weight excluding hydrogens is 264 g/mol. The molecule has 0 saturated carbocycles. The molecule has 4 heteroatoms. The highest BCUT2D eigenvalue weighted by Crippen LogP contribution is 2.13. The molecule has 116 valence electrons. The molecule has 0 radical (unpaired) electrons. The zero-order chi connectivity index (χ0) is 15.2. The highest BCUT2D eigenvalue weighted by atomic mass is 16.5. The second-order valence-corrected chi connectivity index (χ2v) is 5.78. The molecule has 21 heavy (non-hydrogen) atoms. The van der Waals surface area contributed by atoms with Gasteiger partial charge in [-0.1, -0.05) is 18.2 Å². The number of benzene rings is 1. The topological polar surface area (TPSA) is 32.8 Å². The normalized spacial score (nSPS) is 16.9. The Labute approximate surface area is 127 Å². The first-order valence-electron chi connectivity index (χ1n) is 7.75. The molecule has 1 aromatic carbocycles. The molecule has 0 N–H and O–H groups in total. The van der Waals surface area contributed by atoms with Crippen LogP contribution in [0.1, 0.15) is 23.6 Å². The van der Waals surface area contributed by atoms with Crippen LogP contribution in [-0.4, -0.2) is 55.1 Å². The number of carbonyl (C=O) groups excluding carboxylic acids is 1. The summed E-state index contributed by atoms with van der Waals surface area (Å²) >= 11 is 0. The fourth-order valence-electron chi connectivity index (χ4n) is 2.65. The first-order valence-corrected chi connectivity index (χ1v) is 7.75. The highest BCUT2D eigenvalue weighted by molar-refractivity contribution is 5.71. The zero-order valence-electron chi connectivity index (χ0n) is 13.4. The highest BCUT2D eigenvalue weighted by Gasteiger charge is 2.19. The Balaban J connectivity index is 1.78. The monoisotopic (exact) mass is 290 g/mol. The molecule has 1 aliphatic heterocycles. The van der Waals surface area contributed by atoms with Gasteiger partial charge in [-0.25, -0.2) is 0 Å². The number of rotatable bonds is 5. The molecule has 0 atom stereocenters. The van der Waals surface area contributed by atoms with Crippen LogP contribution in [0.25, 0.3) is 0 Å². The molecule has 1 saturated heterocycles. The van der Waals surface area contributed by atoms with Crippen molar-refractivity contribution in [3.8, 4) is 0 Å². The van der Waals surface area contributed by atoms with E-state index in [0.717, 1.165) is 32.7 Å². The molecule has 1 aliphatic rings. The van der Waals surface area contributed by atoms with Gasteiger partial charge in [0.15, 0.2) is 0 Å². The van der Waals surface area contributed by atoms with Gasteiger partial charge in [-0.15, -0.1) is 0 Å². The van der Waals surface area contributed by atoms with Gasteiger partial charge >= 0.3 is 5.97 Å². The molecule has 0 bridgehead atoms. The van der Waals surface area contributed by atoms with Crippen molar-refractivity contribution in [2.75, 3.05) is 39.3 Å². The lowest BCUT2D eigenvalue weighted by Gasteiger charge is -2.34. The minimum Gasteiger partial charge on any atom is -0.465 e. The Hall–Kier alpha value is -1.39. The number of piperazine rings is 1. The standard InChI is InChI=1S/C17H26N2O2/c1-4-21-17(20)13-19-9-7-18(8-10-19)12-16-6-5-14(2)15(3)11-16/h5-6,11H,4,7-10,12-13H2,1-3H3. The summed E-state index contributed by atoms with van der Waals surface area (Å²) in [6.07, 6.45) is 0. The van der Waals surface area contributed by atoms with Crippen LogP contribution in [0.5, 0.6) is 0 Å². The summed E-state index contributed by atoms with van der Waals surface area (Å²) in [5.74, 6) is -0.111. The largest absolute Gasteiger partial charge is 0.465 e. The first kappa shape index (κ1) is 16.0. The van der Waals surface area contributed by atoms with Gasteiger partial charge < -0.3 is 4.74 Å². The third kappa shape index (κ3) is 4.83. The van der Waals surface area contributed by atoms with Crippen molar-refractivity contribution >= 4 is 5.97 Å². The fourth-order valence-corrected chi connectivity index (χ4v) is 2.65. The van der Waals surface area contributed by atoms with Crippen LogP contribution in [0.4, 0.5) is 0 Å². The van der Waals surface area contributed by atoms with E-state index in [-0.39, 0.29) is 5.97 Å². The van der Waals surface area contributed by atoms with E-state index in [2.05, 4.69) is 41.8 Å². The van der Waals surface area contributed by atoms with Crippen molar-refractivity contribution in [2.24, 2.45) is 0 Å². The van der Waals surface area contributed by atoms with Gasteiger partial charge in [0.1, 0.15) is 0 Å². The molecule has 4 nitrogen and oxygen atoms in total. The smallest absolute Gasteiger partial charge is 0.320 e. The Kier molecular flexibility index (Phi) is 5.76. The van der Waals surface area contributed by atoms with Crippen LogP contribution in [-0.2, 0) is 16.1 Å². The molecule has 1 heterocycles. The molecule has 2 rings (SSSR count). The van der Waals surface area contributed by atoms with Gasteiger partial charge in [0, 0.05) is 32.7 Å². The maximum absolute atomic E-state index is 11.5. The van der Waals surface area contributed by atoms with Crippen LogP contribution < -0.4 is 0 Å². The van der Waals surface area contributed by atoms with Crippen LogP contribution in [0, 0.1) is 13.8 Å². The summed E-state index contributed by atoms with van der Waals surface area (Å²) < 4.78 is 5.00. The Morgan fingerprint density at radius 2 is 1.76 bits per heavy atom. The van der Waals surface area contributed by atoms with Crippen LogP contribution in [0.15, 0.2) is 18.2 Å².